The summed E-state index contributed by atoms with van der Waals surface area (Å²) in [4.78, 5) is 17.3. The maximum atomic E-state index is 12.7. The molecular formula is C20H21N3O3S2. The van der Waals surface area contributed by atoms with Gasteiger partial charge >= 0.3 is 0 Å². The van der Waals surface area contributed by atoms with E-state index in [0.717, 1.165) is 21.1 Å². The molecule has 1 amide bonds. The normalized spacial score (nSPS) is 11.6. The van der Waals surface area contributed by atoms with Gasteiger partial charge in [0.2, 0.25) is 10.0 Å². The first-order valence-electron chi connectivity index (χ1n) is 8.55. The van der Waals surface area contributed by atoms with Gasteiger partial charge in [-0.25, -0.2) is 17.7 Å². The third-order valence-corrected chi connectivity index (χ3v) is 6.87. The lowest BCUT2D eigenvalue weighted by Gasteiger charge is -2.13. The number of hydrogen-bond donors (Lipinski definition) is 1. The second-order valence-electron chi connectivity index (χ2n) is 6.62. The summed E-state index contributed by atoms with van der Waals surface area (Å²) >= 11 is 1.32. The van der Waals surface area contributed by atoms with Crippen LogP contribution in [-0.2, 0) is 10.0 Å². The molecule has 1 aromatic heterocycles. The van der Waals surface area contributed by atoms with E-state index in [2.05, 4.69) is 10.3 Å². The average Bonchev–Trinajstić information content (AvgIpc) is 3.10. The van der Waals surface area contributed by atoms with Crippen LogP contribution in [0.15, 0.2) is 52.7 Å². The van der Waals surface area contributed by atoms with Crippen LogP contribution in [0, 0.1) is 13.8 Å². The number of carbonyl (C=O) groups is 1. The van der Waals surface area contributed by atoms with Gasteiger partial charge in [-0.15, -0.1) is 11.3 Å². The van der Waals surface area contributed by atoms with E-state index < -0.39 is 15.9 Å². The Morgan fingerprint density at radius 2 is 1.75 bits per heavy atom. The lowest BCUT2D eigenvalue weighted by Crippen LogP contribution is -2.23. The third-order valence-electron chi connectivity index (χ3n) is 4.30. The van der Waals surface area contributed by atoms with E-state index in [1.54, 1.807) is 13.0 Å². The van der Waals surface area contributed by atoms with Gasteiger partial charge in [0, 0.05) is 30.6 Å². The predicted molar refractivity (Wildman–Crippen MR) is 112 cm³/mol. The van der Waals surface area contributed by atoms with Crippen molar-refractivity contribution in [3.8, 4) is 11.3 Å². The Balaban J connectivity index is 1.85. The smallest absolute Gasteiger partial charge is 0.257 e. The molecule has 3 aromatic rings. The van der Waals surface area contributed by atoms with Gasteiger partial charge in [0.05, 0.1) is 10.6 Å². The molecule has 0 unspecified atom stereocenters. The van der Waals surface area contributed by atoms with Crippen molar-refractivity contribution in [2.75, 3.05) is 19.4 Å². The molecule has 28 heavy (non-hydrogen) atoms. The number of carbonyl (C=O) groups excluding carboxylic acids is 1. The van der Waals surface area contributed by atoms with Crippen molar-refractivity contribution in [2.45, 2.75) is 18.7 Å². The number of nitrogens with zero attached hydrogens (tertiary/aromatic N) is 2. The number of sulfonamides is 1. The number of aryl methyl sites for hydroxylation is 2. The van der Waals surface area contributed by atoms with E-state index in [9.17, 15) is 13.2 Å². The van der Waals surface area contributed by atoms with Gasteiger partial charge in [0.25, 0.3) is 5.91 Å². The Morgan fingerprint density at radius 3 is 2.39 bits per heavy atom. The number of hydrogen-bond acceptors (Lipinski definition) is 5. The molecule has 0 fully saturated rings. The standard InChI is InChI=1S/C20H21N3O3S2/c1-13-5-8-15(9-6-13)18-12-27-20(21-18)22-19(24)17-11-16(10-7-14(17)2)28(25,26)23(3)4/h5-12H,1-4H3,(H,21,22,24). The van der Waals surface area contributed by atoms with Crippen molar-refractivity contribution in [1.82, 2.24) is 9.29 Å². The Bertz CT molecular complexity index is 1120. The van der Waals surface area contributed by atoms with E-state index in [4.69, 9.17) is 0 Å². The zero-order valence-corrected chi connectivity index (χ0v) is 17.7. The van der Waals surface area contributed by atoms with Crippen LogP contribution >= 0.6 is 11.3 Å². The zero-order valence-electron chi connectivity index (χ0n) is 16.1. The summed E-state index contributed by atoms with van der Waals surface area (Å²) in [6.07, 6.45) is 0. The van der Waals surface area contributed by atoms with Crippen molar-refractivity contribution in [1.29, 1.82) is 0 Å². The molecule has 146 valence electrons. The summed E-state index contributed by atoms with van der Waals surface area (Å²) in [5, 5.41) is 5.10. The lowest BCUT2D eigenvalue weighted by molar-refractivity contribution is 0.102. The number of aromatic nitrogens is 1. The summed E-state index contributed by atoms with van der Waals surface area (Å²) in [6.45, 7) is 3.78. The van der Waals surface area contributed by atoms with Gasteiger partial charge < -0.3 is 0 Å². The van der Waals surface area contributed by atoms with Gasteiger partial charge in [-0.05, 0) is 31.5 Å². The number of rotatable bonds is 5. The summed E-state index contributed by atoms with van der Waals surface area (Å²) < 4.78 is 25.8. The first-order valence-corrected chi connectivity index (χ1v) is 10.9. The molecule has 0 bridgehead atoms. The highest BCUT2D eigenvalue weighted by molar-refractivity contribution is 7.89. The monoisotopic (exact) mass is 415 g/mol. The molecule has 8 heteroatoms. The van der Waals surface area contributed by atoms with Crippen LogP contribution in [0.5, 0.6) is 0 Å². The molecule has 0 aliphatic carbocycles. The summed E-state index contributed by atoms with van der Waals surface area (Å²) in [7, 11) is -0.707. The molecule has 2 aromatic carbocycles. The molecule has 6 nitrogen and oxygen atoms in total. The fourth-order valence-corrected chi connectivity index (χ4v) is 4.21. The Labute approximate surface area is 168 Å². The number of amides is 1. The quantitative estimate of drug-likeness (QED) is 0.685. The number of thiazole rings is 1. The highest BCUT2D eigenvalue weighted by atomic mass is 32.2. The van der Waals surface area contributed by atoms with E-state index in [-0.39, 0.29) is 4.90 Å². The second-order valence-corrected chi connectivity index (χ2v) is 9.63. The van der Waals surface area contributed by atoms with Crippen molar-refractivity contribution in [3.63, 3.8) is 0 Å². The van der Waals surface area contributed by atoms with Crippen LogP contribution in [0.1, 0.15) is 21.5 Å². The molecule has 3 rings (SSSR count). The van der Waals surface area contributed by atoms with Gasteiger partial charge in [-0.1, -0.05) is 35.9 Å². The topological polar surface area (TPSA) is 79.4 Å². The van der Waals surface area contributed by atoms with Crippen molar-refractivity contribution >= 4 is 32.4 Å². The summed E-state index contributed by atoms with van der Waals surface area (Å²) in [6, 6.07) is 12.5. The molecule has 0 spiro atoms. The molecule has 0 atom stereocenters. The first-order chi connectivity index (χ1) is 13.2. The van der Waals surface area contributed by atoms with Crippen molar-refractivity contribution < 1.29 is 13.2 Å². The Hall–Kier alpha value is -2.55. The van der Waals surface area contributed by atoms with Crippen LogP contribution in [0.2, 0.25) is 0 Å². The maximum absolute atomic E-state index is 12.7. The molecule has 0 aliphatic heterocycles. The van der Waals surface area contributed by atoms with Gasteiger partial charge in [-0.3, -0.25) is 10.1 Å². The second kappa shape index (κ2) is 7.83. The molecule has 1 heterocycles. The highest BCUT2D eigenvalue weighted by Gasteiger charge is 2.20. The Morgan fingerprint density at radius 1 is 1.07 bits per heavy atom. The summed E-state index contributed by atoms with van der Waals surface area (Å²) in [5.74, 6) is -0.391. The van der Waals surface area contributed by atoms with Crippen LogP contribution in [0.3, 0.4) is 0 Å². The minimum Gasteiger partial charge on any atom is -0.298 e. The average molecular weight is 416 g/mol. The molecule has 0 saturated carbocycles. The fraction of sp³-hybridized carbons (Fsp3) is 0.200. The molecule has 0 aliphatic rings. The molecular weight excluding hydrogens is 394 g/mol. The highest BCUT2D eigenvalue weighted by Crippen LogP contribution is 2.26. The number of benzene rings is 2. The van der Waals surface area contributed by atoms with E-state index >= 15 is 0 Å². The van der Waals surface area contributed by atoms with Gasteiger partial charge in [0.15, 0.2) is 5.13 Å². The van der Waals surface area contributed by atoms with Crippen LogP contribution in [0.25, 0.3) is 11.3 Å². The number of anilines is 1. The third kappa shape index (κ3) is 4.14. The van der Waals surface area contributed by atoms with Gasteiger partial charge in [0.1, 0.15) is 0 Å². The van der Waals surface area contributed by atoms with Crippen molar-refractivity contribution in [2.24, 2.45) is 0 Å². The van der Waals surface area contributed by atoms with E-state index in [1.807, 2.05) is 36.6 Å². The minimum atomic E-state index is -3.62. The molecule has 0 radical (unpaired) electrons. The maximum Gasteiger partial charge on any atom is 0.257 e. The van der Waals surface area contributed by atoms with E-state index in [1.165, 1.54) is 37.6 Å². The van der Waals surface area contributed by atoms with Gasteiger partial charge in [-0.2, -0.15) is 0 Å². The lowest BCUT2D eigenvalue weighted by atomic mass is 10.1. The van der Waals surface area contributed by atoms with Crippen LogP contribution < -0.4 is 5.32 Å². The SMILES string of the molecule is Cc1ccc(-c2csc(NC(=O)c3cc(S(=O)(=O)N(C)C)ccc3C)n2)cc1. The Kier molecular flexibility index (Phi) is 5.64. The zero-order chi connectivity index (χ0) is 20.5. The molecule has 1 N–H and O–H groups in total. The number of nitrogens with one attached hydrogen (secondary N) is 1. The largest absolute Gasteiger partial charge is 0.298 e. The molecule has 0 saturated heterocycles. The predicted octanol–water partition coefficient (Wildman–Crippen LogP) is 3.93. The van der Waals surface area contributed by atoms with E-state index in [0.29, 0.717) is 16.3 Å². The first kappa shape index (κ1) is 20.2. The van der Waals surface area contributed by atoms with Crippen molar-refractivity contribution in [3.05, 3.63) is 64.5 Å². The minimum absolute atomic E-state index is 0.0766. The van der Waals surface area contributed by atoms with Crippen LogP contribution in [0.4, 0.5) is 5.13 Å². The van der Waals surface area contributed by atoms with Crippen LogP contribution in [-0.4, -0.2) is 37.7 Å². The summed E-state index contributed by atoms with van der Waals surface area (Å²) in [5.41, 5.74) is 3.90. The fourth-order valence-electron chi connectivity index (χ4n) is 2.57.